The Morgan fingerprint density at radius 2 is 1.67 bits per heavy atom. The van der Waals surface area contributed by atoms with Crippen LogP contribution in [0.1, 0.15) is 56.9 Å². The normalized spacial score (nSPS) is 16.9. The van der Waals surface area contributed by atoms with Gasteiger partial charge in [0.05, 0.1) is 6.04 Å². The van der Waals surface area contributed by atoms with Crippen molar-refractivity contribution >= 4 is 17.8 Å². The van der Waals surface area contributed by atoms with Gasteiger partial charge in [-0.1, -0.05) is 49.6 Å². The lowest BCUT2D eigenvalue weighted by molar-refractivity contribution is -0.149. The predicted molar refractivity (Wildman–Crippen MR) is 125 cm³/mol. The van der Waals surface area contributed by atoms with Crippen LogP contribution in [-0.2, 0) is 20.8 Å². The summed E-state index contributed by atoms with van der Waals surface area (Å²) < 4.78 is 0. The summed E-state index contributed by atoms with van der Waals surface area (Å²) >= 11 is 0. The maximum atomic E-state index is 13.2. The molecule has 0 aromatic heterocycles. The van der Waals surface area contributed by atoms with Crippen molar-refractivity contribution in [3.05, 3.63) is 35.9 Å². The zero-order valence-electron chi connectivity index (χ0n) is 19.0. The number of amides is 1. The molecule has 1 aromatic rings. The Labute approximate surface area is 194 Å². The fourth-order valence-electron chi connectivity index (χ4n) is 4.09. The SMILES string of the molecule is NCCCCCC[C@@H](N[C@@H](CCc1ccccc1)C(=O)O)C(=O)N1CCC[C@H]1C(=O)O.O.O. The Hall–Kier alpha value is -2.53. The predicted octanol–water partition coefficient (Wildman–Crippen LogP) is 0.366. The summed E-state index contributed by atoms with van der Waals surface area (Å²) in [4.78, 5) is 38.0. The highest BCUT2D eigenvalue weighted by Gasteiger charge is 2.38. The Morgan fingerprint density at radius 1 is 1.00 bits per heavy atom. The van der Waals surface area contributed by atoms with Gasteiger partial charge in [0.25, 0.3) is 0 Å². The number of carboxylic acids is 2. The van der Waals surface area contributed by atoms with E-state index in [4.69, 9.17) is 5.73 Å². The van der Waals surface area contributed by atoms with E-state index in [-0.39, 0.29) is 16.9 Å². The molecule has 10 heteroatoms. The van der Waals surface area contributed by atoms with Gasteiger partial charge in [0, 0.05) is 6.54 Å². The Kier molecular flexibility index (Phi) is 14.9. The van der Waals surface area contributed by atoms with Crippen LogP contribution in [0.2, 0.25) is 0 Å². The summed E-state index contributed by atoms with van der Waals surface area (Å²) in [6.45, 7) is 1.01. The Bertz CT molecular complexity index is 717. The lowest BCUT2D eigenvalue weighted by Gasteiger charge is -2.29. The molecule has 0 spiro atoms. The second-order valence-corrected chi connectivity index (χ2v) is 8.15. The number of carbonyl (C=O) groups excluding carboxylic acids is 1. The van der Waals surface area contributed by atoms with Crippen molar-refractivity contribution in [3.8, 4) is 0 Å². The number of hydrogen-bond donors (Lipinski definition) is 4. The Balaban J connectivity index is 0.00000512. The van der Waals surface area contributed by atoms with E-state index in [1.54, 1.807) is 0 Å². The first-order valence-corrected chi connectivity index (χ1v) is 11.2. The van der Waals surface area contributed by atoms with Crippen molar-refractivity contribution in [1.29, 1.82) is 0 Å². The van der Waals surface area contributed by atoms with E-state index < -0.39 is 30.1 Å². The van der Waals surface area contributed by atoms with Gasteiger partial charge < -0.3 is 31.8 Å². The molecular weight excluding hydrogens is 430 g/mol. The van der Waals surface area contributed by atoms with Crippen LogP contribution < -0.4 is 11.1 Å². The van der Waals surface area contributed by atoms with Gasteiger partial charge in [-0.2, -0.15) is 0 Å². The Morgan fingerprint density at radius 3 is 2.27 bits per heavy atom. The van der Waals surface area contributed by atoms with Crippen molar-refractivity contribution in [3.63, 3.8) is 0 Å². The molecule has 0 aliphatic carbocycles. The molecule has 0 bridgehead atoms. The van der Waals surface area contributed by atoms with Crippen LogP contribution in [0.3, 0.4) is 0 Å². The first kappa shape index (κ1) is 30.5. The molecule has 0 radical (unpaired) electrons. The van der Waals surface area contributed by atoms with Gasteiger partial charge in [-0.15, -0.1) is 0 Å². The number of hydrogen-bond acceptors (Lipinski definition) is 5. The molecule has 1 heterocycles. The molecule has 1 fully saturated rings. The first-order valence-electron chi connectivity index (χ1n) is 11.2. The molecule has 188 valence electrons. The monoisotopic (exact) mass is 469 g/mol. The molecule has 1 aromatic carbocycles. The number of aryl methyl sites for hydroxylation is 1. The number of carboxylic acid groups (broad SMARTS) is 2. The highest BCUT2D eigenvalue weighted by molar-refractivity contribution is 5.88. The molecule has 0 saturated carbocycles. The molecule has 3 atom stereocenters. The maximum absolute atomic E-state index is 13.2. The van der Waals surface area contributed by atoms with Crippen LogP contribution in [0.15, 0.2) is 30.3 Å². The summed E-state index contributed by atoms with van der Waals surface area (Å²) in [7, 11) is 0. The molecule has 1 aliphatic heterocycles. The van der Waals surface area contributed by atoms with E-state index in [1.807, 2.05) is 30.3 Å². The minimum Gasteiger partial charge on any atom is -0.480 e. The largest absolute Gasteiger partial charge is 0.480 e. The fraction of sp³-hybridized carbons (Fsp3) is 0.609. The summed E-state index contributed by atoms with van der Waals surface area (Å²) in [5, 5.41) is 22.2. The first-order chi connectivity index (χ1) is 14.9. The van der Waals surface area contributed by atoms with Gasteiger partial charge in [0.15, 0.2) is 0 Å². The lowest BCUT2D eigenvalue weighted by Crippen LogP contribution is -2.54. The van der Waals surface area contributed by atoms with Gasteiger partial charge in [0.2, 0.25) is 5.91 Å². The number of nitrogens with two attached hydrogens (primary N) is 1. The van der Waals surface area contributed by atoms with Gasteiger partial charge in [-0.25, -0.2) is 4.79 Å². The highest BCUT2D eigenvalue weighted by atomic mass is 16.4. The quantitative estimate of drug-likeness (QED) is 0.282. The van der Waals surface area contributed by atoms with Crippen LogP contribution in [0.5, 0.6) is 0 Å². The fourth-order valence-corrected chi connectivity index (χ4v) is 4.09. The third-order valence-corrected chi connectivity index (χ3v) is 5.83. The van der Waals surface area contributed by atoms with E-state index in [1.165, 1.54) is 4.90 Å². The molecule has 10 nitrogen and oxygen atoms in total. The van der Waals surface area contributed by atoms with Crippen LogP contribution in [0.4, 0.5) is 0 Å². The number of unbranched alkanes of at least 4 members (excludes halogenated alkanes) is 3. The summed E-state index contributed by atoms with van der Waals surface area (Å²) in [6.07, 6.45) is 5.97. The van der Waals surface area contributed by atoms with E-state index in [9.17, 15) is 24.6 Å². The van der Waals surface area contributed by atoms with Crippen LogP contribution >= 0.6 is 0 Å². The number of nitrogens with one attached hydrogen (secondary N) is 1. The molecule has 2 rings (SSSR count). The topological polar surface area (TPSA) is 196 Å². The second kappa shape index (κ2) is 16.1. The molecule has 33 heavy (non-hydrogen) atoms. The lowest BCUT2D eigenvalue weighted by atomic mass is 10.0. The van der Waals surface area contributed by atoms with Crippen molar-refractivity contribution in [1.82, 2.24) is 10.2 Å². The number of carbonyl (C=O) groups is 3. The van der Waals surface area contributed by atoms with Crippen molar-refractivity contribution < 1.29 is 35.5 Å². The average molecular weight is 470 g/mol. The number of rotatable bonds is 14. The number of aliphatic carboxylic acids is 2. The molecule has 0 unspecified atom stereocenters. The standard InChI is InChI=1S/C23H35N3O5.2H2O/c24-15-7-2-1-6-11-18(21(27)26-16-8-12-20(26)23(30)31)25-19(22(28)29)14-13-17-9-4-3-5-10-17;;/h3-5,9-10,18-20,25H,1-2,6-8,11-16,24H2,(H,28,29)(H,30,31);2*1H2/t18-,19+,20+;;/m1../s1. The molecule has 9 N–H and O–H groups in total. The van der Waals surface area contributed by atoms with Crippen LogP contribution in [0.25, 0.3) is 0 Å². The highest BCUT2D eigenvalue weighted by Crippen LogP contribution is 2.21. The van der Waals surface area contributed by atoms with Crippen molar-refractivity contribution in [2.45, 2.75) is 75.9 Å². The van der Waals surface area contributed by atoms with Crippen LogP contribution in [-0.4, -0.2) is 75.1 Å². The zero-order valence-corrected chi connectivity index (χ0v) is 19.0. The van der Waals surface area contributed by atoms with Gasteiger partial charge in [0.1, 0.15) is 12.1 Å². The molecule has 1 aliphatic rings. The second-order valence-electron chi connectivity index (χ2n) is 8.15. The third kappa shape index (κ3) is 9.87. The summed E-state index contributed by atoms with van der Waals surface area (Å²) in [6, 6.07) is 7.18. The van der Waals surface area contributed by atoms with Gasteiger partial charge in [-0.3, -0.25) is 14.9 Å². The van der Waals surface area contributed by atoms with E-state index in [2.05, 4.69) is 5.32 Å². The minimum absolute atomic E-state index is 0. The van der Waals surface area contributed by atoms with E-state index >= 15 is 0 Å². The van der Waals surface area contributed by atoms with Gasteiger partial charge >= 0.3 is 11.9 Å². The summed E-state index contributed by atoms with van der Waals surface area (Å²) in [5.74, 6) is -2.32. The smallest absolute Gasteiger partial charge is 0.326 e. The van der Waals surface area contributed by atoms with Gasteiger partial charge in [-0.05, 0) is 50.6 Å². The van der Waals surface area contributed by atoms with Crippen molar-refractivity contribution in [2.24, 2.45) is 5.73 Å². The summed E-state index contributed by atoms with van der Waals surface area (Å²) in [5.41, 5.74) is 6.56. The number of nitrogens with zero attached hydrogens (tertiary/aromatic N) is 1. The number of benzene rings is 1. The van der Waals surface area contributed by atoms with E-state index in [0.29, 0.717) is 45.2 Å². The molecule has 1 saturated heterocycles. The minimum atomic E-state index is -1.01. The third-order valence-electron chi connectivity index (χ3n) is 5.83. The van der Waals surface area contributed by atoms with Crippen molar-refractivity contribution in [2.75, 3.05) is 13.1 Å². The van der Waals surface area contributed by atoms with Crippen LogP contribution in [0, 0.1) is 0 Å². The zero-order chi connectivity index (χ0) is 22.6. The average Bonchev–Trinajstić information content (AvgIpc) is 3.25. The molecular formula is C23H39N3O7. The molecule has 1 amide bonds. The maximum Gasteiger partial charge on any atom is 0.326 e. The number of likely N-dealkylation sites (tertiary alicyclic amines) is 1. The van der Waals surface area contributed by atoms with E-state index in [0.717, 1.165) is 31.2 Å².